The zero-order valence-corrected chi connectivity index (χ0v) is 15.1. The lowest BCUT2D eigenvalue weighted by Crippen LogP contribution is -2.45. The normalized spacial score (nSPS) is 21.6. The maximum atomic E-state index is 13.0. The number of halogens is 1. The highest BCUT2D eigenvalue weighted by atomic mass is 79.9. The molecule has 1 spiro atoms. The zero-order valence-electron chi connectivity index (χ0n) is 13.5. The summed E-state index contributed by atoms with van der Waals surface area (Å²) in [5, 5.41) is 12.4. The minimum Gasteiger partial charge on any atom is -0.462 e. The number of nitrogens with zero attached hydrogens (tertiary/aromatic N) is 1. The van der Waals surface area contributed by atoms with Crippen molar-refractivity contribution in [3.05, 3.63) is 51.0 Å². The summed E-state index contributed by atoms with van der Waals surface area (Å²) in [4.78, 5) is 25.7. The van der Waals surface area contributed by atoms with Crippen molar-refractivity contribution in [2.75, 3.05) is 11.9 Å². The summed E-state index contributed by atoms with van der Waals surface area (Å²) in [6.45, 7) is 3.27. The number of amides is 1. The molecule has 1 amide bonds. The number of nitrogens with one attached hydrogen (secondary N) is 1. The van der Waals surface area contributed by atoms with Crippen LogP contribution in [0.3, 0.4) is 0 Å². The second-order valence-electron chi connectivity index (χ2n) is 5.50. The molecule has 0 aromatic heterocycles. The number of carbonyl (C=O) groups excluding carboxylic acids is 2. The fourth-order valence-electron chi connectivity index (χ4n) is 3.25. The van der Waals surface area contributed by atoms with E-state index >= 15 is 0 Å². The van der Waals surface area contributed by atoms with E-state index in [1.807, 2.05) is 6.07 Å². The Balaban J connectivity index is 2.41. The number of hydrogen-bond donors (Lipinski definition) is 2. The van der Waals surface area contributed by atoms with Gasteiger partial charge in [-0.05, 0) is 32.0 Å². The molecule has 1 aromatic rings. The lowest BCUT2D eigenvalue weighted by molar-refractivity contribution is -0.140. The highest BCUT2D eigenvalue weighted by Crippen LogP contribution is 2.52. The van der Waals surface area contributed by atoms with Crippen molar-refractivity contribution in [3.8, 4) is 6.07 Å². The Bertz CT molecular complexity index is 913. The summed E-state index contributed by atoms with van der Waals surface area (Å²) in [7, 11) is 0. The minimum atomic E-state index is -1.70. The summed E-state index contributed by atoms with van der Waals surface area (Å²) in [5.74, 6) is -1.37. The number of esters is 1. The van der Waals surface area contributed by atoms with Gasteiger partial charge in [0.15, 0.2) is 5.41 Å². The quantitative estimate of drug-likeness (QED) is 0.731. The van der Waals surface area contributed by atoms with Crippen molar-refractivity contribution in [3.63, 3.8) is 0 Å². The third-order valence-corrected chi connectivity index (χ3v) is 4.67. The second-order valence-corrected chi connectivity index (χ2v) is 6.41. The van der Waals surface area contributed by atoms with Crippen molar-refractivity contribution < 1.29 is 19.1 Å². The largest absolute Gasteiger partial charge is 0.462 e. The van der Waals surface area contributed by atoms with Gasteiger partial charge in [-0.2, -0.15) is 5.26 Å². The zero-order chi connectivity index (χ0) is 18.4. The second kappa shape index (κ2) is 5.93. The number of benzene rings is 1. The lowest BCUT2D eigenvalue weighted by atomic mass is 9.68. The highest BCUT2D eigenvalue weighted by molar-refractivity contribution is 9.10. The van der Waals surface area contributed by atoms with Gasteiger partial charge >= 0.3 is 5.97 Å². The van der Waals surface area contributed by atoms with Gasteiger partial charge in [0.1, 0.15) is 23.0 Å². The summed E-state index contributed by atoms with van der Waals surface area (Å²) < 4.78 is 11.2. The highest BCUT2D eigenvalue weighted by Gasteiger charge is 2.59. The van der Waals surface area contributed by atoms with E-state index in [1.165, 1.54) is 6.92 Å². The van der Waals surface area contributed by atoms with Crippen LogP contribution in [0.2, 0.25) is 0 Å². The van der Waals surface area contributed by atoms with E-state index in [9.17, 15) is 14.9 Å². The van der Waals surface area contributed by atoms with Crippen molar-refractivity contribution in [1.29, 1.82) is 5.26 Å². The molecule has 0 saturated carbocycles. The molecule has 25 heavy (non-hydrogen) atoms. The van der Waals surface area contributed by atoms with Crippen LogP contribution in [0.1, 0.15) is 19.4 Å². The van der Waals surface area contributed by atoms with Crippen LogP contribution in [0.15, 0.2) is 45.5 Å². The van der Waals surface area contributed by atoms with Gasteiger partial charge in [0.2, 0.25) is 11.8 Å². The van der Waals surface area contributed by atoms with E-state index in [0.717, 1.165) is 0 Å². The fraction of sp³-hybridized carbons (Fsp3) is 0.235. The van der Waals surface area contributed by atoms with Gasteiger partial charge in [-0.1, -0.05) is 15.9 Å². The average Bonchev–Trinajstić information content (AvgIpc) is 2.81. The minimum absolute atomic E-state index is 0.0468. The number of ether oxygens (including phenoxy) is 2. The molecular weight excluding hydrogens is 390 g/mol. The molecule has 0 aliphatic carbocycles. The third kappa shape index (κ3) is 2.23. The van der Waals surface area contributed by atoms with Crippen molar-refractivity contribution in [2.45, 2.75) is 19.3 Å². The molecule has 8 heteroatoms. The third-order valence-electron chi connectivity index (χ3n) is 4.18. The van der Waals surface area contributed by atoms with Gasteiger partial charge in [0.05, 0.1) is 6.61 Å². The number of hydrogen-bond acceptors (Lipinski definition) is 6. The standard InChI is InChI=1S/C17H14BrN3O4/c1-3-24-15(22)13-8(2)25-14(20)11(7-19)17(13)10-6-9(18)4-5-12(10)21-16(17)23/h4-6H,3,20H2,1-2H3,(H,21,23). The van der Waals surface area contributed by atoms with Crippen LogP contribution in [0, 0.1) is 11.3 Å². The van der Waals surface area contributed by atoms with Crippen molar-refractivity contribution in [2.24, 2.45) is 5.73 Å². The maximum absolute atomic E-state index is 13.0. The molecule has 0 saturated heterocycles. The van der Waals surface area contributed by atoms with Crippen molar-refractivity contribution in [1.82, 2.24) is 0 Å². The molecule has 1 unspecified atom stereocenters. The molecule has 0 radical (unpaired) electrons. The maximum Gasteiger partial charge on any atom is 0.339 e. The van der Waals surface area contributed by atoms with Gasteiger partial charge in [-0.3, -0.25) is 4.79 Å². The summed E-state index contributed by atoms with van der Waals surface area (Å²) in [6.07, 6.45) is 0. The number of allylic oxidation sites excluding steroid dienone is 1. The molecule has 2 aliphatic rings. The molecule has 7 nitrogen and oxygen atoms in total. The van der Waals surface area contributed by atoms with E-state index in [4.69, 9.17) is 15.2 Å². The molecule has 2 aliphatic heterocycles. The Morgan fingerprint density at radius 3 is 2.88 bits per heavy atom. The number of nitrogens with two attached hydrogens (primary N) is 1. The Morgan fingerprint density at radius 2 is 2.24 bits per heavy atom. The van der Waals surface area contributed by atoms with Crippen LogP contribution in [0.25, 0.3) is 0 Å². The number of nitriles is 1. The first-order chi connectivity index (χ1) is 11.9. The molecule has 1 atom stereocenters. The van der Waals surface area contributed by atoms with Crippen LogP contribution >= 0.6 is 15.9 Å². The summed E-state index contributed by atoms with van der Waals surface area (Å²) >= 11 is 3.36. The molecular formula is C17H14BrN3O4. The van der Waals surface area contributed by atoms with E-state index in [2.05, 4.69) is 21.2 Å². The van der Waals surface area contributed by atoms with Crippen LogP contribution in [-0.2, 0) is 24.5 Å². The van der Waals surface area contributed by atoms with Crippen LogP contribution in [-0.4, -0.2) is 18.5 Å². The first-order valence-corrected chi connectivity index (χ1v) is 8.25. The van der Waals surface area contributed by atoms with E-state index in [1.54, 1.807) is 25.1 Å². The molecule has 3 rings (SSSR count). The van der Waals surface area contributed by atoms with Crippen LogP contribution in [0.4, 0.5) is 5.69 Å². The van der Waals surface area contributed by atoms with Gasteiger partial charge in [-0.25, -0.2) is 4.79 Å². The first kappa shape index (κ1) is 17.0. The van der Waals surface area contributed by atoms with Crippen molar-refractivity contribution >= 4 is 33.5 Å². The topological polar surface area (TPSA) is 114 Å². The number of rotatable bonds is 2. The molecule has 1 aromatic carbocycles. The monoisotopic (exact) mass is 403 g/mol. The average molecular weight is 404 g/mol. The number of carbonyl (C=O) groups is 2. The Morgan fingerprint density at radius 1 is 1.52 bits per heavy atom. The lowest BCUT2D eigenvalue weighted by Gasteiger charge is -2.33. The smallest absolute Gasteiger partial charge is 0.339 e. The van der Waals surface area contributed by atoms with E-state index in [-0.39, 0.29) is 29.4 Å². The Kier molecular flexibility index (Phi) is 4.05. The predicted molar refractivity (Wildman–Crippen MR) is 91.7 cm³/mol. The van der Waals surface area contributed by atoms with Gasteiger partial charge < -0.3 is 20.5 Å². The van der Waals surface area contributed by atoms with Gasteiger partial charge in [0, 0.05) is 15.7 Å². The molecule has 3 N–H and O–H groups in total. The number of fused-ring (bicyclic) bond motifs is 2. The SMILES string of the molecule is CCOC(=O)C1=C(C)OC(N)=C(C#N)C12C(=O)Nc1ccc(Br)cc12. The van der Waals surface area contributed by atoms with E-state index in [0.29, 0.717) is 15.7 Å². The van der Waals surface area contributed by atoms with E-state index < -0.39 is 17.3 Å². The van der Waals surface area contributed by atoms with Crippen LogP contribution < -0.4 is 11.1 Å². The molecule has 0 bridgehead atoms. The molecule has 0 fully saturated rings. The molecule has 128 valence electrons. The summed E-state index contributed by atoms with van der Waals surface area (Å²) in [6, 6.07) is 7.05. The first-order valence-electron chi connectivity index (χ1n) is 7.46. The Labute approximate surface area is 152 Å². The number of anilines is 1. The van der Waals surface area contributed by atoms with Crippen LogP contribution in [0.5, 0.6) is 0 Å². The summed E-state index contributed by atoms with van der Waals surface area (Å²) in [5.41, 5.74) is 4.93. The fourth-order valence-corrected chi connectivity index (χ4v) is 3.61. The predicted octanol–water partition coefficient (Wildman–Crippen LogP) is 2.20. The van der Waals surface area contributed by atoms with Gasteiger partial charge in [0.25, 0.3) is 0 Å². The molecule has 2 heterocycles. The van der Waals surface area contributed by atoms with Gasteiger partial charge in [-0.15, -0.1) is 0 Å². The Hall–Kier alpha value is -2.79.